The average molecular weight is 553 g/mol. The Morgan fingerprint density at radius 3 is 2.55 bits per heavy atom. The normalized spacial score (nSPS) is 17.9. The maximum Gasteiger partial charge on any atom is 0.231 e. The maximum atomic E-state index is 13.9. The molecule has 0 saturated carbocycles. The van der Waals surface area contributed by atoms with Crippen LogP contribution >= 0.6 is 11.6 Å². The van der Waals surface area contributed by atoms with Gasteiger partial charge in [0.15, 0.2) is 23.1 Å². The second-order valence-electron chi connectivity index (χ2n) is 10.0. The van der Waals surface area contributed by atoms with Gasteiger partial charge < -0.3 is 14.8 Å². The molecule has 1 amide bonds. The van der Waals surface area contributed by atoms with Crippen molar-refractivity contribution in [2.75, 3.05) is 12.1 Å². The molecule has 200 valence electrons. The average Bonchev–Trinajstić information content (AvgIpc) is 3.43. The quantitative estimate of drug-likeness (QED) is 0.217. The van der Waals surface area contributed by atoms with Crippen LogP contribution in [0.25, 0.3) is 10.8 Å². The number of amides is 1. The van der Waals surface area contributed by atoms with Crippen molar-refractivity contribution in [2.45, 2.75) is 25.7 Å². The van der Waals surface area contributed by atoms with Gasteiger partial charge in [0.25, 0.3) is 0 Å². The van der Waals surface area contributed by atoms with Crippen LogP contribution in [0.3, 0.4) is 0 Å². The van der Waals surface area contributed by atoms with Crippen LogP contribution in [0.1, 0.15) is 52.0 Å². The third-order valence-corrected chi connectivity index (χ3v) is 7.78. The number of halogens is 1. The predicted octanol–water partition coefficient (Wildman–Crippen LogP) is 6.76. The van der Waals surface area contributed by atoms with Gasteiger partial charge in [-0.1, -0.05) is 61.0 Å². The number of Topliss-reactive ketones (excluding diaryl/α,β-unsaturated/α-hetero) is 2. The highest BCUT2D eigenvalue weighted by atomic mass is 35.5. The molecule has 3 aromatic carbocycles. The van der Waals surface area contributed by atoms with Crippen molar-refractivity contribution in [3.05, 3.63) is 106 Å². The summed E-state index contributed by atoms with van der Waals surface area (Å²) in [6.45, 7) is 2.04. The zero-order valence-electron chi connectivity index (χ0n) is 21.6. The fourth-order valence-corrected chi connectivity index (χ4v) is 5.43. The van der Waals surface area contributed by atoms with Crippen molar-refractivity contribution in [3.63, 3.8) is 0 Å². The van der Waals surface area contributed by atoms with Gasteiger partial charge in [0, 0.05) is 23.7 Å². The van der Waals surface area contributed by atoms with Crippen molar-refractivity contribution in [3.8, 4) is 11.5 Å². The molecule has 2 aliphatic rings. The summed E-state index contributed by atoms with van der Waals surface area (Å²) in [5.41, 5.74) is 1.60. The number of carbonyl (C=O) groups is 3. The number of ketones is 2. The fraction of sp³-hybridized carbons (Fsp3) is 0.188. The van der Waals surface area contributed by atoms with Crippen molar-refractivity contribution < 1.29 is 23.9 Å². The Morgan fingerprint density at radius 1 is 1.00 bits per heavy atom. The lowest BCUT2D eigenvalue weighted by Gasteiger charge is -2.27. The molecule has 0 fully saturated rings. The summed E-state index contributed by atoms with van der Waals surface area (Å²) in [7, 11) is 0. The first-order valence-electron chi connectivity index (χ1n) is 13.0. The van der Waals surface area contributed by atoms with E-state index in [9.17, 15) is 14.4 Å². The van der Waals surface area contributed by atoms with Gasteiger partial charge >= 0.3 is 0 Å². The molecule has 4 aromatic rings. The summed E-state index contributed by atoms with van der Waals surface area (Å²) in [6.07, 6.45) is 3.66. The van der Waals surface area contributed by atoms with Gasteiger partial charge in [0.1, 0.15) is 5.82 Å². The van der Waals surface area contributed by atoms with Crippen LogP contribution in [-0.2, 0) is 4.79 Å². The highest BCUT2D eigenvalue weighted by Crippen LogP contribution is 2.43. The largest absolute Gasteiger partial charge is 0.454 e. The fourth-order valence-electron chi connectivity index (χ4n) is 5.32. The molecule has 1 aromatic heterocycles. The third-order valence-electron chi connectivity index (χ3n) is 7.56. The third kappa shape index (κ3) is 4.96. The van der Waals surface area contributed by atoms with Crippen LogP contribution in [0.15, 0.2) is 84.6 Å². The maximum absolute atomic E-state index is 13.9. The van der Waals surface area contributed by atoms with Gasteiger partial charge in [-0.05, 0) is 64.9 Å². The number of hydrogen-bond donors (Lipinski definition) is 1. The first kappa shape index (κ1) is 25.8. The van der Waals surface area contributed by atoms with E-state index in [1.54, 1.807) is 42.5 Å². The van der Waals surface area contributed by atoms with E-state index < -0.39 is 0 Å². The van der Waals surface area contributed by atoms with E-state index in [0.29, 0.717) is 45.5 Å². The molecule has 2 atom stereocenters. The Hall–Kier alpha value is -4.49. The van der Waals surface area contributed by atoms with Crippen LogP contribution in [-0.4, -0.2) is 29.3 Å². The zero-order valence-corrected chi connectivity index (χ0v) is 22.4. The second kappa shape index (κ2) is 10.6. The molecule has 2 heterocycles. The first-order valence-corrected chi connectivity index (χ1v) is 13.4. The molecule has 0 radical (unpaired) electrons. The van der Waals surface area contributed by atoms with Crippen molar-refractivity contribution >= 4 is 45.7 Å². The van der Waals surface area contributed by atoms with E-state index in [2.05, 4.69) is 10.3 Å². The van der Waals surface area contributed by atoms with E-state index in [1.807, 2.05) is 37.3 Å². The van der Waals surface area contributed by atoms with Crippen LogP contribution in [0, 0.1) is 5.92 Å². The molecular formula is C32H25ClN2O5. The number of aromatic nitrogens is 1. The molecule has 0 bridgehead atoms. The Morgan fingerprint density at radius 2 is 1.77 bits per heavy atom. The number of ether oxygens (including phenoxy) is 2. The van der Waals surface area contributed by atoms with Crippen molar-refractivity contribution in [1.29, 1.82) is 0 Å². The van der Waals surface area contributed by atoms with Crippen molar-refractivity contribution in [1.82, 2.24) is 4.98 Å². The van der Waals surface area contributed by atoms with Gasteiger partial charge in [-0.2, -0.15) is 0 Å². The van der Waals surface area contributed by atoms with Gasteiger partial charge in [-0.3, -0.25) is 14.4 Å². The number of fused-ring (bicyclic) bond motifs is 3. The van der Waals surface area contributed by atoms with Crippen molar-refractivity contribution in [2.24, 2.45) is 5.92 Å². The number of carbonyl (C=O) groups excluding carboxylic acids is 3. The standard InChI is InChI=1S/C32H25ClN2O5/c1-18-20(13-30(36)35-29-11-9-23(33)16-34-29)8-10-24(31(37)22-7-6-19-4-2-3-5-21(19)12-22)32(38)26-15-28-27(14-25(18)26)39-17-40-28/h2-7,9-12,14-16,18,20H,8,13,17H2,1H3,(H,34,35,36). The minimum absolute atomic E-state index is 0.0550. The summed E-state index contributed by atoms with van der Waals surface area (Å²) in [5, 5.41) is 5.21. The van der Waals surface area contributed by atoms with Gasteiger partial charge in [0.05, 0.1) is 10.6 Å². The summed E-state index contributed by atoms with van der Waals surface area (Å²) in [6, 6.07) is 19.9. The van der Waals surface area contributed by atoms with E-state index >= 15 is 0 Å². The van der Waals surface area contributed by atoms with Crippen LogP contribution in [0.2, 0.25) is 5.02 Å². The molecule has 1 aliphatic heterocycles. The lowest BCUT2D eigenvalue weighted by atomic mass is 9.76. The van der Waals surface area contributed by atoms with Gasteiger partial charge in [-0.25, -0.2) is 4.98 Å². The molecule has 0 saturated heterocycles. The molecule has 7 nitrogen and oxygen atoms in total. The van der Waals surface area contributed by atoms with Crippen LogP contribution < -0.4 is 14.8 Å². The van der Waals surface area contributed by atoms with E-state index in [-0.39, 0.29) is 48.1 Å². The van der Waals surface area contributed by atoms with Gasteiger partial charge in [-0.15, -0.1) is 0 Å². The number of benzene rings is 3. The number of pyridine rings is 1. The molecule has 1 N–H and O–H groups in total. The predicted molar refractivity (Wildman–Crippen MR) is 152 cm³/mol. The Bertz CT molecular complexity index is 1700. The molecule has 1 aliphatic carbocycles. The SMILES string of the molecule is CC1c2cc3c(cc2C(=O)C(C(=O)c2ccc4ccccc4c2)=CCC1CC(=O)Nc1ccc(Cl)cn1)OCO3. The van der Waals surface area contributed by atoms with Crippen LogP contribution in [0.5, 0.6) is 11.5 Å². The number of anilines is 1. The second-order valence-corrected chi connectivity index (χ2v) is 10.5. The number of allylic oxidation sites excluding steroid dienone is 2. The summed E-state index contributed by atoms with van der Waals surface area (Å²) in [5.74, 6) is 0.0459. The number of nitrogens with one attached hydrogen (secondary N) is 1. The van der Waals surface area contributed by atoms with E-state index in [1.165, 1.54) is 6.20 Å². The minimum atomic E-state index is -0.369. The number of rotatable bonds is 5. The van der Waals surface area contributed by atoms with E-state index in [0.717, 1.165) is 10.8 Å². The lowest BCUT2D eigenvalue weighted by molar-refractivity contribution is -0.117. The highest BCUT2D eigenvalue weighted by molar-refractivity contribution is 6.32. The summed E-state index contributed by atoms with van der Waals surface area (Å²) < 4.78 is 11.2. The molecular weight excluding hydrogens is 528 g/mol. The highest BCUT2D eigenvalue weighted by Gasteiger charge is 2.33. The molecule has 40 heavy (non-hydrogen) atoms. The Kier molecular flexibility index (Phi) is 6.82. The lowest BCUT2D eigenvalue weighted by Crippen LogP contribution is -2.25. The zero-order chi connectivity index (χ0) is 27.8. The smallest absolute Gasteiger partial charge is 0.231 e. The molecule has 8 heteroatoms. The Labute approximate surface area is 235 Å². The summed E-state index contributed by atoms with van der Waals surface area (Å²) >= 11 is 5.91. The minimum Gasteiger partial charge on any atom is -0.454 e. The molecule has 6 rings (SSSR count). The molecule has 2 unspecified atom stereocenters. The van der Waals surface area contributed by atoms with E-state index in [4.69, 9.17) is 21.1 Å². The number of nitrogens with zero attached hydrogens (tertiary/aromatic N) is 1. The topological polar surface area (TPSA) is 94.6 Å². The van der Waals surface area contributed by atoms with Gasteiger partial charge in [0.2, 0.25) is 12.7 Å². The Balaban J connectivity index is 1.36. The number of hydrogen-bond acceptors (Lipinski definition) is 6. The van der Waals surface area contributed by atoms with Crippen LogP contribution in [0.4, 0.5) is 5.82 Å². The molecule has 0 spiro atoms. The monoisotopic (exact) mass is 552 g/mol. The first-order chi connectivity index (χ1) is 19.4. The summed E-state index contributed by atoms with van der Waals surface area (Å²) in [4.78, 5) is 44.9.